The third kappa shape index (κ3) is 4.40. The molecule has 1 atom stereocenters. The lowest BCUT2D eigenvalue weighted by Crippen LogP contribution is -2.11. The molecular formula is C10H18N4S. The van der Waals surface area contributed by atoms with E-state index in [2.05, 4.69) is 28.9 Å². The molecule has 4 N–H and O–H groups in total. The second-order valence-electron chi connectivity index (χ2n) is 3.31. The summed E-state index contributed by atoms with van der Waals surface area (Å²) in [6, 6.07) is 5.68. The number of thioether (sulfide) groups is 1. The number of aromatic nitrogens is 1. The van der Waals surface area contributed by atoms with Gasteiger partial charge >= 0.3 is 0 Å². The average Bonchev–Trinajstić information content (AvgIpc) is 2.29. The maximum absolute atomic E-state index is 5.27. The number of nitrogens with two attached hydrogens (primary N) is 1. The van der Waals surface area contributed by atoms with Crippen LogP contribution in [0.5, 0.6) is 0 Å². The molecule has 0 bridgehead atoms. The zero-order valence-electron chi connectivity index (χ0n) is 9.16. The lowest BCUT2D eigenvalue weighted by molar-refractivity contribution is 0.850. The quantitative estimate of drug-likeness (QED) is 0.511. The van der Waals surface area contributed by atoms with Crippen molar-refractivity contribution in [3.05, 3.63) is 18.2 Å². The first kappa shape index (κ1) is 12.1. The monoisotopic (exact) mass is 226 g/mol. The van der Waals surface area contributed by atoms with Gasteiger partial charge in [0.1, 0.15) is 11.6 Å². The normalized spacial score (nSPS) is 12.2. The Morgan fingerprint density at radius 1 is 1.47 bits per heavy atom. The van der Waals surface area contributed by atoms with Crippen LogP contribution in [0.3, 0.4) is 0 Å². The zero-order valence-corrected chi connectivity index (χ0v) is 9.97. The number of nitrogens with zero attached hydrogens (tertiary/aromatic N) is 1. The van der Waals surface area contributed by atoms with Crippen molar-refractivity contribution >= 4 is 23.4 Å². The first-order valence-corrected chi connectivity index (χ1v) is 6.25. The fraction of sp³-hybridized carbons (Fsp3) is 0.500. The van der Waals surface area contributed by atoms with Gasteiger partial charge in [-0.25, -0.2) is 10.8 Å². The molecule has 0 aliphatic heterocycles. The summed E-state index contributed by atoms with van der Waals surface area (Å²) < 4.78 is 0. The van der Waals surface area contributed by atoms with Gasteiger partial charge in [0.15, 0.2) is 0 Å². The van der Waals surface area contributed by atoms with Crippen molar-refractivity contribution in [2.45, 2.75) is 18.6 Å². The standard InChI is InChI=1S/C10H18N4S/c1-8(15-2)6-7-12-9-4-3-5-10(13-9)14-11/h3-5,8H,6-7,11H2,1-2H3,(H2,12,13,14). The molecule has 0 aromatic carbocycles. The number of nitrogen functional groups attached to an aromatic ring is 1. The van der Waals surface area contributed by atoms with Gasteiger partial charge in [0.2, 0.25) is 0 Å². The molecule has 0 saturated carbocycles. The molecular weight excluding hydrogens is 208 g/mol. The Morgan fingerprint density at radius 3 is 2.87 bits per heavy atom. The van der Waals surface area contributed by atoms with Gasteiger partial charge in [0, 0.05) is 11.8 Å². The van der Waals surface area contributed by atoms with Gasteiger partial charge < -0.3 is 10.7 Å². The summed E-state index contributed by atoms with van der Waals surface area (Å²) in [5, 5.41) is 3.94. The number of pyridine rings is 1. The molecule has 0 amide bonds. The molecule has 0 spiro atoms. The number of rotatable bonds is 6. The predicted molar refractivity (Wildman–Crippen MR) is 68.1 cm³/mol. The Balaban J connectivity index is 2.37. The van der Waals surface area contributed by atoms with Crippen molar-refractivity contribution in [3.8, 4) is 0 Å². The summed E-state index contributed by atoms with van der Waals surface area (Å²) in [6.07, 6.45) is 3.25. The van der Waals surface area contributed by atoms with E-state index < -0.39 is 0 Å². The van der Waals surface area contributed by atoms with E-state index in [-0.39, 0.29) is 0 Å². The summed E-state index contributed by atoms with van der Waals surface area (Å²) in [7, 11) is 0. The number of hydrazine groups is 1. The number of nitrogens with one attached hydrogen (secondary N) is 2. The van der Waals surface area contributed by atoms with E-state index in [1.807, 2.05) is 30.0 Å². The van der Waals surface area contributed by atoms with Crippen LogP contribution in [0, 0.1) is 0 Å². The molecule has 4 nitrogen and oxygen atoms in total. The topological polar surface area (TPSA) is 63.0 Å². The van der Waals surface area contributed by atoms with E-state index in [1.54, 1.807) is 0 Å². The highest BCUT2D eigenvalue weighted by Crippen LogP contribution is 2.11. The van der Waals surface area contributed by atoms with E-state index in [9.17, 15) is 0 Å². The number of anilines is 2. The van der Waals surface area contributed by atoms with Gasteiger partial charge in [-0.2, -0.15) is 11.8 Å². The summed E-state index contributed by atoms with van der Waals surface area (Å²) in [5.74, 6) is 6.81. The smallest absolute Gasteiger partial charge is 0.142 e. The van der Waals surface area contributed by atoms with Crippen molar-refractivity contribution in [2.24, 2.45) is 5.84 Å². The van der Waals surface area contributed by atoms with Crippen LogP contribution in [0.1, 0.15) is 13.3 Å². The Hall–Kier alpha value is -0.940. The molecule has 0 aliphatic rings. The Bertz CT molecular complexity index is 293. The van der Waals surface area contributed by atoms with E-state index in [0.29, 0.717) is 11.1 Å². The highest BCUT2D eigenvalue weighted by molar-refractivity contribution is 7.99. The maximum Gasteiger partial charge on any atom is 0.142 e. The van der Waals surface area contributed by atoms with Crippen LogP contribution in [0.4, 0.5) is 11.6 Å². The molecule has 1 aromatic rings. The second-order valence-corrected chi connectivity index (χ2v) is 4.59. The molecule has 0 aliphatic carbocycles. The third-order valence-corrected chi connectivity index (χ3v) is 3.20. The molecule has 5 heteroatoms. The lowest BCUT2D eigenvalue weighted by atomic mass is 10.3. The molecule has 0 fully saturated rings. The first-order chi connectivity index (χ1) is 7.26. The first-order valence-electron chi connectivity index (χ1n) is 4.96. The fourth-order valence-electron chi connectivity index (χ4n) is 1.13. The van der Waals surface area contributed by atoms with Gasteiger partial charge in [-0.3, -0.25) is 0 Å². The number of hydrogen-bond acceptors (Lipinski definition) is 5. The van der Waals surface area contributed by atoms with Crippen molar-refractivity contribution in [1.82, 2.24) is 4.98 Å². The minimum atomic E-state index is 0.674. The van der Waals surface area contributed by atoms with E-state index in [1.165, 1.54) is 0 Å². The fourth-order valence-corrected chi connectivity index (χ4v) is 1.49. The van der Waals surface area contributed by atoms with Crippen molar-refractivity contribution < 1.29 is 0 Å². The van der Waals surface area contributed by atoms with Gasteiger partial charge in [-0.15, -0.1) is 0 Å². The van der Waals surface area contributed by atoms with Gasteiger partial charge in [0.05, 0.1) is 0 Å². The number of hydrogen-bond donors (Lipinski definition) is 3. The van der Waals surface area contributed by atoms with Crippen molar-refractivity contribution in [2.75, 3.05) is 23.5 Å². The van der Waals surface area contributed by atoms with Crippen LogP contribution in [0.2, 0.25) is 0 Å². The maximum atomic E-state index is 5.27. The van der Waals surface area contributed by atoms with Gasteiger partial charge in [0.25, 0.3) is 0 Å². The zero-order chi connectivity index (χ0) is 11.1. The summed E-state index contributed by atoms with van der Waals surface area (Å²) >= 11 is 1.87. The van der Waals surface area contributed by atoms with Crippen molar-refractivity contribution in [1.29, 1.82) is 0 Å². The Morgan fingerprint density at radius 2 is 2.20 bits per heavy atom. The SMILES string of the molecule is CSC(C)CCNc1cccc(NN)n1. The van der Waals surface area contributed by atoms with Crippen LogP contribution in [-0.4, -0.2) is 23.0 Å². The minimum Gasteiger partial charge on any atom is -0.370 e. The second kappa shape index (κ2) is 6.53. The largest absolute Gasteiger partial charge is 0.370 e. The predicted octanol–water partition coefficient (Wildman–Crippen LogP) is 1.92. The van der Waals surface area contributed by atoms with Crippen molar-refractivity contribution in [3.63, 3.8) is 0 Å². The average molecular weight is 226 g/mol. The highest BCUT2D eigenvalue weighted by Gasteiger charge is 1.99. The molecule has 84 valence electrons. The molecule has 1 heterocycles. The molecule has 1 rings (SSSR count). The van der Waals surface area contributed by atoms with Gasteiger partial charge in [-0.05, 0) is 24.8 Å². The minimum absolute atomic E-state index is 0.674. The highest BCUT2D eigenvalue weighted by atomic mass is 32.2. The molecule has 1 unspecified atom stereocenters. The van der Waals surface area contributed by atoms with Crippen LogP contribution in [-0.2, 0) is 0 Å². The molecule has 0 saturated heterocycles. The van der Waals surface area contributed by atoms with Gasteiger partial charge in [-0.1, -0.05) is 13.0 Å². The van der Waals surface area contributed by atoms with Crippen LogP contribution < -0.4 is 16.6 Å². The Labute approximate surface area is 95.0 Å². The summed E-state index contributed by atoms with van der Waals surface area (Å²) in [6.45, 7) is 3.15. The summed E-state index contributed by atoms with van der Waals surface area (Å²) in [5.41, 5.74) is 2.52. The van der Waals surface area contributed by atoms with E-state index in [4.69, 9.17) is 5.84 Å². The Kier molecular flexibility index (Phi) is 5.28. The third-order valence-electron chi connectivity index (χ3n) is 2.16. The van der Waals surface area contributed by atoms with E-state index in [0.717, 1.165) is 18.8 Å². The van der Waals surface area contributed by atoms with E-state index >= 15 is 0 Å². The van der Waals surface area contributed by atoms with Crippen LogP contribution in [0.15, 0.2) is 18.2 Å². The van der Waals surface area contributed by atoms with Crippen LogP contribution >= 0.6 is 11.8 Å². The summed E-state index contributed by atoms with van der Waals surface area (Å²) in [4.78, 5) is 4.26. The molecule has 1 aromatic heterocycles. The molecule has 0 radical (unpaired) electrons. The molecule has 15 heavy (non-hydrogen) atoms. The lowest BCUT2D eigenvalue weighted by Gasteiger charge is -2.10. The van der Waals surface area contributed by atoms with Crippen LogP contribution in [0.25, 0.3) is 0 Å².